The van der Waals surface area contributed by atoms with E-state index in [1.54, 1.807) is 37.4 Å². The van der Waals surface area contributed by atoms with Crippen LogP contribution in [0.5, 0.6) is 11.5 Å². The van der Waals surface area contributed by atoms with Crippen molar-refractivity contribution in [3.8, 4) is 11.5 Å². The fourth-order valence-corrected chi connectivity index (χ4v) is 4.34. The topological polar surface area (TPSA) is 93.3 Å². The third kappa shape index (κ3) is 4.41. The second kappa shape index (κ2) is 8.81. The molecule has 0 radical (unpaired) electrons. The summed E-state index contributed by atoms with van der Waals surface area (Å²) in [7, 11) is 3.08. The van der Waals surface area contributed by atoms with Crippen molar-refractivity contribution in [1.29, 1.82) is 0 Å². The Balaban J connectivity index is 1.67. The molecule has 1 atom stereocenters. The number of carbonyl (C=O) groups excluding carboxylic acids is 1. The molecule has 2 N–H and O–H groups in total. The third-order valence-electron chi connectivity index (χ3n) is 5.03. The first-order chi connectivity index (χ1) is 15.0. The number of fused-ring (bicyclic) bond motifs is 1. The van der Waals surface area contributed by atoms with Gasteiger partial charge in [0.2, 0.25) is 5.91 Å². The molecule has 9 heteroatoms. The average Bonchev–Trinajstić information content (AvgIpc) is 2.77. The minimum Gasteiger partial charge on any atom is -0.497 e. The van der Waals surface area contributed by atoms with Crippen molar-refractivity contribution in [3.63, 3.8) is 0 Å². The molecular weight excluding hydrogens is 421 g/mol. The smallest absolute Gasteiger partial charge is 0.257 e. The van der Waals surface area contributed by atoms with Crippen LogP contribution in [0.15, 0.2) is 52.4 Å². The Morgan fingerprint density at radius 2 is 1.90 bits per heavy atom. The van der Waals surface area contributed by atoms with Gasteiger partial charge in [-0.15, -0.1) is 0 Å². The summed E-state index contributed by atoms with van der Waals surface area (Å²) in [4.78, 5) is 32.6. The van der Waals surface area contributed by atoms with E-state index in [0.29, 0.717) is 33.5 Å². The van der Waals surface area contributed by atoms with Gasteiger partial charge in [0, 0.05) is 29.7 Å². The Hall–Kier alpha value is -3.33. The van der Waals surface area contributed by atoms with Crippen LogP contribution >= 0.6 is 11.8 Å². The number of benzene rings is 2. The fourth-order valence-electron chi connectivity index (χ4n) is 3.52. The highest BCUT2D eigenvalue weighted by Crippen LogP contribution is 2.40. The number of hydrogen-bond acceptors (Lipinski definition) is 6. The summed E-state index contributed by atoms with van der Waals surface area (Å²) in [5.74, 6) is 0.826. The van der Waals surface area contributed by atoms with E-state index in [-0.39, 0.29) is 29.5 Å². The highest BCUT2D eigenvalue weighted by molar-refractivity contribution is 7.98. The number of carbonyl (C=O) groups is 1. The van der Waals surface area contributed by atoms with Gasteiger partial charge in [0.05, 0.1) is 19.8 Å². The standard InChI is InChI=1S/C22H20FN3O4S/c1-29-14-7-8-15(17(9-14)30-2)16-10-18(27)24-20-19(16)21(28)26-22(25-20)31-11-12-3-5-13(23)6-4-12/h3-9,16H,10-11H2,1-2H3,(H2,24,25,26,27,28)/t16-/m1/s1. The van der Waals surface area contributed by atoms with Crippen molar-refractivity contribution in [1.82, 2.24) is 9.97 Å². The number of H-pyrrole nitrogens is 1. The summed E-state index contributed by atoms with van der Waals surface area (Å²) < 4.78 is 23.8. The van der Waals surface area contributed by atoms with Crippen molar-refractivity contribution in [3.05, 3.63) is 75.3 Å². The molecule has 7 nitrogen and oxygen atoms in total. The summed E-state index contributed by atoms with van der Waals surface area (Å²) in [6.45, 7) is 0. The van der Waals surface area contributed by atoms with Crippen molar-refractivity contribution in [2.75, 3.05) is 19.5 Å². The second-order valence-corrected chi connectivity index (χ2v) is 7.93. The molecule has 2 heterocycles. The molecule has 0 fully saturated rings. The number of anilines is 1. The molecule has 0 spiro atoms. The minimum atomic E-state index is -0.503. The second-order valence-electron chi connectivity index (χ2n) is 6.96. The van der Waals surface area contributed by atoms with E-state index in [9.17, 15) is 14.0 Å². The number of nitrogens with zero attached hydrogens (tertiary/aromatic N) is 1. The molecule has 2 aromatic carbocycles. The number of amides is 1. The van der Waals surface area contributed by atoms with Crippen LogP contribution in [0.1, 0.15) is 29.0 Å². The lowest BCUT2D eigenvalue weighted by Crippen LogP contribution is -2.31. The number of rotatable bonds is 6. The van der Waals surface area contributed by atoms with Gasteiger partial charge in [0.1, 0.15) is 23.1 Å². The predicted octanol–water partition coefficient (Wildman–Crippen LogP) is 3.69. The number of halogens is 1. The number of hydrogen-bond donors (Lipinski definition) is 2. The van der Waals surface area contributed by atoms with Gasteiger partial charge >= 0.3 is 0 Å². The number of aromatic nitrogens is 2. The average molecular weight is 441 g/mol. The van der Waals surface area contributed by atoms with Gasteiger partial charge < -0.3 is 19.8 Å². The van der Waals surface area contributed by atoms with Crippen LogP contribution in [-0.4, -0.2) is 30.1 Å². The summed E-state index contributed by atoms with van der Waals surface area (Å²) in [5, 5.41) is 3.08. The molecule has 3 aromatic rings. The molecule has 4 rings (SSSR count). The van der Waals surface area contributed by atoms with Gasteiger partial charge in [-0.1, -0.05) is 30.0 Å². The fraction of sp³-hybridized carbons (Fsp3) is 0.227. The quantitative estimate of drug-likeness (QED) is 0.448. The number of ether oxygens (including phenoxy) is 2. The molecule has 0 saturated carbocycles. The first-order valence-electron chi connectivity index (χ1n) is 9.51. The van der Waals surface area contributed by atoms with Gasteiger partial charge in [-0.2, -0.15) is 0 Å². The Morgan fingerprint density at radius 3 is 2.61 bits per heavy atom. The molecule has 1 amide bonds. The van der Waals surface area contributed by atoms with E-state index < -0.39 is 5.92 Å². The molecule has 0 bridgehead atoms. The van der Waals surface area contributed by atoms with E-state index >= 15 is 0 Å². The van der Waals surface area contributed by atoms with Crippen molar-refractivity contribution >= 4 is 23.5 Å². The molecule has 0 unspecified atom stereocenters. The van der Waals surface area contributed by atoms with Gasteiger partial charge in [-0.25, -0.2) is 9.37 Å². The maximum Gasteiger partial charge on any atom is 0.257 e. The first kappa shape index (κ1) is 20.9. The Morgan fingerprint density at radius 1 is 1.13 bits per heavy atom. The van der Waals surface area contributed by atoms with Crippen LogP contribution in [0.3, 0.4) is 0 Å². The maximum atomic E-state index is 13.1. The van der Waals surface area contributed by atoms with Crippen LogP contribution in [-0.2, 0) is 10.5 Å². The Bertz CT molecular complexity index is 1180. The molecular formula is C22H20FN3O4S. The molecule has 1 aliphatic rings. The van der Waals surface area contributed by atoms with Crippen LogP contribution < -0.4 is 20.3 Å². The van der Waals surface area contributed by atoms with Crippen molar-refractivity contribution < 1.29 is 18.7 Å². The van der Waals surface area contributed by atoms with Crippen molar-refractivity contribution in [2.24, 2.45) is 0 Å². The highest BCUT2D eigenvalue weighted by atomic mass is 32.2. The van der Waals surface area contributed by atoms with Crippen LogP contribution in [0.2, 0.25) is 0 Å². The van der Waals surface area contributed by atoms with Gasteiger partial charge in [-0.3, -0.25) is 9.59 Å². The number of nitrogens with one attached hydrogen (secondary N) is 2. The van der Waals surface area contributed by atoms with Crippen LogP contribution in [0, 0.1) is 5.82 Å². The summed E-state index contributed by atoms with van der Waals surface area (Å²) in [5.41, 5.74) is 1.65. The number of methoxy groups -OCH3 is 2. The van der Waals surface area contributed by atoms with E-state index in [1.165, 1.54) is 31.0 Å². The van der Waals surface area contributed by atoms with Gasteiger partial charge in [-0.05, 0) is 23.8 Å². The van der Waals surface area contributed by atoms with E-state index in [2.05, 4.69) is 15.3 Å². The first-order valence-corrected chi connectivity index (χ1v) is 10.5. The van der Waals surface area contributed by atoms with E-state index in [0.717, 1.165) is 5.56 Å². The van der Waals surface area contributed by atoms with Gasteiger partial charge in [0.25, 0.3) is 5.56 Å². The lowest BCUT2D eigenvalue weighted by Gasteiger charge is -2.26. The minimum absolute atomic E-state index is 0.0997. The molecule has 1 aromatic heterocycles. The molecule has 0 aliphatic carbocycles. The lowest BCUT2D eigenvalue weighted by molar-refractivity contribution is -0.116. The third-order valence-corrected chi connectivity index (χ3v) is 5.98. The summed E-state index contributed by atoms with van der Waals surface area (Å²) >= 11 is 1.30. The zero-order chi connectivity index (χ0) is 22.0. The number of thioether (sulfide) groups is 1. The maximum absolute atomic E-state index is 13.1. The number of aromatic amines is 1. The van der Waals surface area contributed by atoms with Crippen LogP contribution in [0.25, 0.3) is 0 Å². The molecule has 0 saturated heterocycles. The van der Waals surface area contributed by atoms with Crippen molar-refractivity contribution in [2.45, 2.75) is 23.2 Å². The molecule has 31 heavy (non-hydrogen) atoms. The monoisotopic (exact) mass is 441 g/mol. The van der Waals surface area contributed by atoms with Crippen LogP contribution in [0.4, 0.5) is 10.2 Å². The Kier molecular flexibility index (Phi) is 5.94. The SMILES string of the molecule is COc1ccc([C@H]2CC(=O)Nc3nc(SCc4ccc(F)cc4)[nH]c(=O)c32)c(OC)c1. The zero-order valence-corrected chi connectivity index (χ0v) is 17.7. The summed E-state index contributed by atoms with van der Waals surface area (Å²) in [6, 6.07) is 11.4. The zero-order valence-electron chi connectivity index (χ0n) is 16.9. The Labute approximate surface area is 182 Å². The van der Waals surface area contributed by atoms with E-state index in [4.69, 9.17) is 9.47 Å². The molecule has 160 valence electrons. The van der Waals surface area contributed by atoms with Gasteiger partial charge in [0.15, 0.2) is 5.16 Å². The summed E-state index contributed by atoms with van der Waals surface area (Å²) in [6.07, 6.45) is 0.0997. The largest absolute Gasteiger partial charge is 0.497 e. The predicted molar refractivity (Wildman–Crippen MR) is 115 cm³/mol. The van der Waals surface area contributed by atoms with E-state index in [1.807, 2.05) is 0 Å². The highest BCUT2D eigenvalue weighted by Gasteiger charge is 2.32. The molecule has 1 aliphatic heterocycles. The normalized spacial score (nSPS) is 15.2. The lowest BCUT2D eigenvalue weighted by atomic mass is 9.86.